The maximum Gasteiger partial charge on any atom is 0.337 e. The van der Waals surface area contributed by atoms with E-state index in [-0.39, 0.29) is 11.0 Å². The van der Waals surface area contributed by atoms with Crippen molar-refractivity contribution in [2.75, 3.05) is 13.2 Å². The smallest absolute Gasteiger partial charge is 0.337 e. The zero-order valence-electron chi connectivity index (χ0n) is 17.8. The molecule has 6 nitrogen and oxygen atoms in total. The minimum Gasteiger partial charge on any atom is -0.478 e. The van der Waals surface area contributed by atoms with Gasteiger partial charge in [-0.2, -0.15) is 0 Å². The summed E-state index contributed by atoms with van der Waals surface area (Å²) in [5, 5.41) is 9.12. The number of carboxylic acids is 1. The van der Waals surface area contributed by atoms with Gasteiger partial charge in [0.05, 0.1) is 16.6 Å². The van der Waals surface area contributed by atoms with Crippen LogP contribution < -0.4 is 0 Å². The average Bonchev–Trinajstić information content (AvgIpc) is 3.19. The van der Waals surface area contributed by atoms with Crippen LogP contribution >= 0.6 is 11.9 Å². The zero-order valence-corrected chi connectivity index (χ0v) is 18.6. The number of aromatic nitrogens is 3. The summed E-state index contributed by atoms with van der Waals surface area (Å²) in [6.45, 7) is 9.32. The van der Waals surface area contributed by atoms with E-state index >= 15 is 0 Å². The first-order valence-corrected chi connectivity index (χ1v) is 11.3. The highest BCUT2D eigenvalue weighted by Crippen LogP contribution is 2.32. The maximum atomic E-state index is 11.1. The Morgan fingerprint density at radius 1 is 1.27 bits per heavy atom. The SMILES string of the molecule is CC(C)(C)c1nc2cc(Sn3ccc(C(=O)O)c3)ccc2n1CC1CCCOCC1. The molecule has 0 amide bonds. The van der Waals surface area contributed by atoms with Crippen molar-refractivity contribution in [3.63, 3.8) is 0 Å². The lowest BCUT2D eigenvalue weighted by Gasteiger charge is -2.23. The summed E-state index contributed by atoms with van der Waals surface area (Å²) in [7, 11) is 0. The molecule has 0 spiro atoms. The molecule has 1 aliphatic heterocycles. The number of carbonyl (C=O) groups is 1. The third kappa shape index (κ3) is 4.57. The van der Waals surface area contributed by atoms with E-state index in [9.17, 15) is 4.79 Å². The molecule has 1 aliphatic rings. The minimum absolute atomic E-state index is 0.0512. The third-order valence-electron chi connectivity index (χ3n) is 5.53. The molecule has 1 aromatic carbocycles. The Bertz CT molecular complexity index is 1040. The van der Waals surface area contributed by atoms with E-state index in [0.29, 0.717) is 5.92 Å². The summed E-state index contributed by atoms with van der Waals surface area (Å²) in [5.41, 5.74) is 2.38. The number of aromatic carboxylic acids is 1. The van der Waals surface area contributed by atoms with Crippen LogP contribution in [0.5, 0.6) is 0 Å². The molecule has 2 aromatic heterocycles. The lowest BCUT2D eigenvalue weighted by molar-refractivity contribution is 0.0697. The molecule has 0 radical (unpaired) electrons. The Balaban J connectivity index is 1.65. The van der Waals surface area contributed by atoms with Crippen molar-refractivity contribution in [2.24, 2.45) is 5.92 Å². The lowest BCUT2D eigenvalue weighted by Crippen LogP contribution is -2.22. The first-order chi connectivity index (χ1) is 14.3. The van der Waals surface area contributed by atoms with Crippen molar-refractivity contribution < 1.29 is 14.6 Å². The molecule has 0 saturated carbocycles. The topological polar surface area (TPSA) is 69.3 Å². The summed E-state index contributed by atoms with van der Waals surface area (Å²) < 4.78 is 9.87. The predicted octanol–water partition coefficient (Wildman–Crippen LogP) is 5.21. The Morgan fingerprint density at radius 2 is 2.10 bits per heavy atom. The zero-order chi connectivity index (χ0) is 21.3. The fourth-order valence-corrected chi connectivity index (χ4v) is 4.84. The Kier molecular flexibility index (Phi) is 5.93. The number of imidazole rings is 1. The van der Waals surface area contributed by atoms with Crippen molar-refractivity contribution >= 4 is 29.0 Å². The van der Waals surface area contributed by atoms with Crippen molar-refractivity contribution in [3.05, 3.63) is 48.0 Å². The van der Waals surface area contributed by atoms with Crippen LogP contribution in [0.4, 0.5) is 0 Å². The van der Waals surface area contributed by atoms with Gasteiger partial charge in [-0.15, -0.1) is 0 Å². The molecular formula is C23H29N3O3S. The molecule has 0 aliphatic carbocycles. The van der Waals surface area contributed by atoms with Crippen LogP contribution in [0, 0.1) is 5.92 Å². The Morgan fingerprint density at radius 3 is 2.83 bits per heavy atom. The van der Waals surface area contributed by atoms with Crippen LogP contribution in [0.3, 0.4) is 0 Å². The number of carboxylic acid groups (broad SMARTS) is 1. The van der Waals surface area contributed by atoms with Gasteiger partial charge in [0.2, 0.25) is 0 Å². The van der Waals surface area contributed by atoms with E-state index in [4.69, 9.17) is 14.8 Å². The molecule has 3 heterocycles. The van der Waals surface area contributed by atoms with Crippen LogP contribution in [0.25, 0.3) is 11.0 Å². The normalized spacial score (nSPS) is 17.9. The Hall–Kier alpha value is -2.25. The largest absolute Gasteiger partial charge is 0.478 e. The van der Waals surface area contributed by atoms with Crippen molar-refractivity contribution in [1.82, 2.24) is 13.5 Å². The highest BCUT2D eigenvalue weighted by Gasteiger charge is 2.25. The highest BCUT2D eigenvalue weighted by atomic mass is 32.2. The lowest BCUT2D eigenvalue weighted by atomic mass is 9.94. The summed E-state index contributed by atoms with van der Waals surface area (Å²) >= 11 is 1.49. The predicted molar refractivity (Wildman–Crippen MR) is 119 cm³/mol. The van der Waals surface area contributed by atoms with Crippen LogP contribution in [-0.4, -0.2) is 37.8 Å². The van der Waals surface area contributed by atoms with E-state index in [1.165, 1.54) is 18.4 Å². The highest BCUT2D eigenvalue weighted by molar-refractivity contribution is 7.97. The standard InChI is InChI=1S/C23H29N3O3S/c1-23(2,3)22-24-19-13-18(30-25-10-8-17(15-25)21(27)28)6-7-20(19)26(22)14-16-5-4-11-29-12-9-16/h6-8,10,13,15-16H,4-5,9,11-12,14H2,1-3H3,(H,27,28). The molecular weight excluding hydrogens is 398 g/mol. The molecule has 4 rings (SSSR count). The van der Waals surface area contributed by atoms with E-state index in [0.717, 1.165) is 54.4 Å². The van der Waals surface area contributed by atoms with E-state index in [2.05, 4.69) is 43.5 Å². The number of hydrogen-bond acceptors (Lipinski definition) is 4. The molecule has 0 bridgehead atoms. The summed E-state index contributed by atoms with van der Waals surface area (Å²) in [6.07, 6.45) is 6.81. The molecule has 1 saturated heterocycles. The van der Waals surface area contributed by atoms with Gasteiger partial charge in [-0.05, 0) is 61.4 Å². The second kappa shape index (κ2) is 8.47. The van der Waals surface area contributed by atoms with E-state index in [1.54, 1.807) is 18.5 Å². The van der Waals surface area contributed by atoms with Gasteiger partial charge in [0, 0.05) is 42.5 Å². The van der Waals surface area contributed by atoms with Crippen molar-refractivity contribution in [3.8, 4) is 0 Å². The second-order valence-electron chi connectivity index (χ2n) is 9.01. The van der Waals surface area contributed by atoms with Gasteiger partial charge >= 0.3 is 5.97 Å². The fraction of sp³-hybridized carbons (Fsp3) is 0.478. The molecule has 7 heteroatoms. The molecule has 30 heavy (non-hydrogen) atoms. The molecule has 3 aromatic rings. The summed E-state index contributed by atoms with van der Waals surface area (Å²) in [4.78, 5) is 17.2. The van der Waals surface area contributed by atoms with Gasteiger partial charge < -0.3 is 14.4 Å². The number of ether oxygens (including phenoxy) is 1. The van der Waals surface area contributed by atoms with Gasteiger partial charge in [-0.1, -0.05) is 20.8 Å². The first-order valence-electron chi connectivity index (χ1n) is 10.5. The number of fused-ring (bicyclic) bond motifs is 1. The third-order valence-corrected chi connectivity index (χ3v) is 6.43. The molecule has 1 unspecified atom stereocenters. The monoisotopic (exact) mass is 427 g/mol. The molecule has 1 fully saturated rings. The quantitative estimate of drug-likeness (QED) is 0.606. The maximum absolute atomic E-state index is 11.1. The van der Waals surface area contributed by atoms with Gasteiger partial charge in [-0.3, -0.25) is 3.97 Å². The Labute approximate surface area is 181 Å². The summed E-state index contributed by atoms with van der Waals surface area (Å²) in [5.74, 6) is 0.801. The number of nitrogens with zero attached hydrogens (tertiary/aromatic N) is 3. The first kappa shape index (κ1) is 21.0. The number of benzene rings is 1. The average molecular weight is 428 g/mol. The van der Waals surface area contributed by atoms with Gasteiger partial charge in [0.25, 0.3) is 0 Å². The van der Waals surface area contributed by atoms with E-state index in [1.807, 2.05) is 3.97 Å². The number of rotatable bonds is 5. The van der Waals surface area contributed by atoms with E-state index < -0.39 is 5.97 Å². The van der Waals surface area contributed by atoms with Crippen LogP contribution in [0.15, 0.2) is 41.6 Å². The van der Waals surface area contributed by atoms with Crippen molar-refractivity contribution in [1.29, 1.82) is 0 Å². The van der Waals surface area contributed by atoms with Crippen LogP contribution in [0.1, 0.15) is 56.2 Å². The van der Waals surface area contributed by atoms with Gasteiger partial charge in [0.1, 0.15) is 5.82 Å². The second-order valence-corrected chi connectivity index (χ2v) is 10.1. The minimum atomic E-state index is -0.915. The fourth-order valence-electron chi connectivity index (χ4n) is 4.02. The van der Waals surface area contributed by atoms with Gasteiger partial charge in [-0.25, -0.2) is 9.78 Å². The molecule has 160 valence electrons. The van der Waals surface area contributed by atoms with Crippen LogP contribution in [-0.2, 0) is 16.7 Å². The summed E-state index contributed by atoms with van der Waals surface area (Å²) in [6, 6.07) is 7.95. The molecule has 1 atom stereocenters. The number of hydrogen-bond donors (Lipinski definition) is 1. The van der Waals surface area contributed by atoms with Crippen molar-refractivity contribution in [2.45, 2.75) is 56.9 Å². The van der Waals surface area contributed by atoms with Crippen LogP contribution in [0.2, 0.25) is 0 Å². The molecule has 1 N–H and O–H groups in total. The van der Waals surface area contributed by atoms with Gasteiger partial charge in [0.15, 0.2) is 0 Å².